The van der Waals surface area contributed by atoms with Gasteiger partial charge < -0.3 is 14.5 Å². The Bertz CT molecular complexity index is 973. The van der Waals surface area contributed by atoms with Crippen LogP contribution in [0.5, 0.6) is 5.75 Å². The summed E-state index contributed by atoms with van der Waals surface area (Å²) < 4.78 is 44.3. The van der Waals surface area contributed by atoms with Gasteiger partial charge in [-0.05, 0) is 37.1 Å². The van der Waals surface area contributed by atoms with Crippen molar-refractivity contribution in [3.05, 3.63) is 63.7 Å². The van der Waals surface area contributed by atoms with E-state index in [1.54, 1.807) is 9.80 Å². The second kappa shape index (κ2) is 9.88. The van der Waals surface area contributed by atoms with Gasteiger partial charge in [0.1, 0.15) is 11.4 Å². The molecule has 2 aromatic rings. The molecule has 1 saturated heterocycles. The summed E-state index contributed by atoms with van der Waals surface area (Å²) in [6.07, 6.45) is -3.83. The molecule has 1 amide bonds. The number of carbonyl (C=O) groups is 1. The minimum Gasteiger partial charge on any atom is -0.494 e. The van der Waals surface area contributed by atoms with Crippen LogP contribution in [-0.4, -0.2) is 48.5 Å². The number of benzene rings is 2. The van der Waals surface area contributed by atoms with Gasteiger partial charge in [-0.3, -0.25) is 14.9 Å². The summed E-state index contributed by atoms with van der Waals surface area (Å²) in [5.74, 6) is 0.708. The number of para-hydroxylation sites is 1. The first kappa shape index (κ1) is 23.4. The lowest BCUT2D eigenvalue weighted by atomic mass is 10.1. The minimum absolute atomic E-state index is 0.0436. The summed E-state index contributed by atoms with van der Waals surface area (Å²) in [6, 6.07) is 10.1. The first-order chi connectivity index (χ1) is 15.2. The van der Waals surface area contributed by atoms with Crippen molar-refractivity contribution >= 4 is 17.3 Å². The Labute approximate surface area is 183 Å². The molecular weight excluding hydrogens is 427 g/mol. The predicted molar refractivity (Wildman–Crippen MR) is 113 cm³/mol. The van der Waals surface area contributed by atoms with Crippen molar-refractivity contribution in [2.45, 2.75) is 25.9 Å². The van der Waals surface area contributed by atoms with Crippen molar-refractivity contribution in [1.82, 2.24) is 4.90 Å². The van der Waals surface area contributed by atoms with Gasteiger partial charge in [0.15, 0.2) is 0 Å². The van der Waals surface area contributed by atoms with Crippen LogP contribution in [-0.2, 0) is 17.4 Å². The molecule has 0 saturated carbocycles. The number of aryl methyl sites for hydroxylation is 1. The Kier molecular flexibility index (Phi) is 7.22. The summed E-state index contributed by atoms with van der Waals surface area (Å²) in [4.78, 5) is 26.5. The Morgan fingerprint density at radius 2 is 1.81 bits per heavy atom. The van der Waals surface area contributed by atoms with E-state index in [2.05, 4.69) is 0 Å². The quantitative estimate of drug-likeness (QED) is 0.464. The molecule has 1 aliphatic heterocycles. The number of nitrogens with zero attached hydrogens (tertiary/aromatic N) is 3. The van der Waals surface area contributed by atoms with Crippen LogP contribution in [0.3, 0.4) is 0 Å². The number of alkyl halides is 3. The fourth-order valence-corrected chi connectivity index (χ4v) is 3.72. The van der Waals surface area contributed by atoms with E-state index >= 15 is 0 Å². The van der Waals surface area contributed by atoms with Gasteiger partial charge in [-0.2, -0.15) is 13.2 Å². The maximum atomic E-state index is 12.9. The van der Waals surface area contributed by atoms with Crippen molar-refractivity contribution in [2.75, 3.05) is 37.7 Å². The molecule has 0 radical (unpaired) electrons. The van der Waals surface area contributed by atoms with E-state index in [-0.39, 0.29) is 11.6 Å². The molecule has 1 aliphatic rings. The molecule has 1 fully saturated rings. The molecule has 7 nitrogen and oxygen atoms in total. The van der Waals surface area contributed by atoms with Crippen molar-refractivity contribution in [3.63, 3.8) is 0 Å². The number of rotatable bonds is 7. The van der Waals surface area contributed by atoms with E-state index in [9.17, 15) is 28.1 Å². The number of piperazine rings is 1. The first-order valence-electron chi connectivity index (χ1n) is 10.3. The highest BCUT2D eigenvalue weighted by atomic mass is 19.4. The number of nitro groups is 1. The highest BCUT2D eigenvalue weighted by Crippen LogP contribution is 2.36. The van der Waals surface area contributed by atoms with Crippen LogP contribution in [0.1, 0.15) is 24.5 Å². The molecule has 1 heterocycles. The van der Waals surface area contributed by atoms with Gasteiger partial charge in [-0.15, -0.1) is 0 Å². The topological polar surface area (TPSA) is 75.9 Å². The zero-order valence-electron chi connectivity index (χ0n) is 17.6. The number of halogens is 3. The number of carbonyl (C=O) groups excluding carboxylic acids is 1. The molecule has 10 heteroatoms. The van der Waals surface area contributed by atoms with Crippen LogP contribution in [0.2, 0.25) is 0 Å². The number of ether oxygens (including phenoxy) is 1. The monoisotopic (exact) mass is 451 g/mol. The summed E-state index contributed by atoms with van der Waals surface area (Å²) in [5, 5.41) is 11.3. The molecule has 0 aliphatic carbocycles. The molecule has 3 rings (SSSR count). The molecule has 2 aromatic carbocycles. The van der Waals surface area contributed by atoms with Gasteiger partial charge >= 0.3 is 6.18 Å². The normalized spacial score (nSPS) is 14.4. The third kappa shape index (κ3) is 5.49. The zero-order valence-corrected chi connectivity index (χ0v) is 17.6. The van der Waals surface area contributed by atoms with Crippen molar-refractivity contribution in [1.29, 1.82) is 0 Å². The second-order valence-corrected chi connectivity index (χ2v) is 7.37. The number of hydrogen-bond acceptors (Lipinski definition) is 5. The SMILES string of the molecule is CCOc1ccccc1CCC(=O)N1CCN(c2ccc(C(F)(F)F)cc2[N+](=O)[O-])CC1. The van der Waals surface area contributed by atoms with E-state index in [1.165, 1.54) is 0 Å². The molecule has 0 unspecified atom stereocenters. The molecule has 172 valence electrons. The summed E-state index contributed by atoms with van der Waals surface area (Å²) in [7, 11) is 0. The molecule has 0 bridgehead atoms. The number of anilines is 1. The number of amides is 1. The summed E-state index contributed by atoms with van der Waals surface area (Å²) >= 11 is 0. The van der Waals surface area contributed by atoms with Crippen LogP contribution in [0, 0.1) is 10.1 Å². The van der Waals surface area contributed by atoms with Crippen LogP contribution in [0.4, 0.5) is 24.5 Å². The van der Waals surface area contributed by atoms with Gasteiger partial charge in [0, 0.05) is 38.7 Å². The van der Waals surface area contributed by atoms with Crippen molar-refractivity contribution < 1.29 is 27.6 Å². The van der Waals surface area contributed by atoms with Gasteiger partial charge in [-0.1, -0.05) is 18.2 Å². The molecule has 0 aromatic heterocycles. The second-order valence-electron chi connectivity index (χ2n) is 7.37. The summed E-state index contributed by atoms with van der Waals surface area (Å²) in [5.41, 5.74) is -0.580. The average Bonchev–Trinajstić information content (AvgIpc) is 2.77. The lowest BCUT2D eigenvalue weighted by Crippen LogP contribution is -2.49. The third-order valence-corrected chi connectivity index (χ3v) is 5.35. The van der Waals surface area contributed by atoms with Crippen LogP contribution < -0.4 is 9.64 Å². The van der Waals surface area contributed by atoms with E-state index in [0.717, 1.165) is 23.4 Å². The van der Waals surface area contributed by atoms with Gasteiger partial charge in [0.05, 0.1) is 17.1 Å². The van der Waals surface area contributed by atoms with Crippen molar-refractivity contribution in [3.8, 4) is 5.75 Å². The summed E-state index contributed by atoms with van der Waals surface area (Å²) in [6.45, 7) is 3.70. The standard InChI is InChI=1S/C22H24F3N3O4/c1-2-32-20-6-4-3-5-16(20)7-10-21(29)27-13-11-26(12-14-27)18-9-8-17(22(23,24)25)15-19(18)28(30)31/h3-6,8-9,15H,2,7,10-14H2,1H3. The van der Waals surface area contributed by atoms with Crippen LogP contribution in [0.15, 0.2) is 42.5 Å². The average molecular weight is 451 g/mol. The first-order valence-corrected chi connectivity index (χ1v) is 10.3. The van der Waals surface area contributed by atoms with Crippen molar-refractivity contribution in [2.24, 2.45) is 0 Å². The minimum atomic E-state index is -4.66. The Morgan fingerprint density at radius 1 is 1.12 bits per heavy atom. The van der Waals surface area contributed by atoms with Gasteiger partial charge in [-0.25, -0.2) is 0 Å². The zero-order chi connectivity index (χ0) is 23.3. The fraction of sp³-hybridized carbons (Fsp3) is 0.409. The largest absolute Gasteiger partial charge is 0.494 e. The van der Waals surface area contributed by atoms with E-state index in [1.807, 2.05) is 31.2 Å². The lowest BCUT2D eigenvalue weighted by Gasteiger charge is -2.36. The van der Waals surface area contributed by atoms with E-state index in [0.29, 0.717) is 51.7 Å². The van der Waals surface area contributed by atoms with Gasteiger partial charge in [0.25, 0.3) is 5.69 Å². The molecular formula is C22H24F3N3O4. The van der Waals surface area contributed by atoms with Gasteiger partial charge in [0.2, 0.25) is 5.91 Å². The Morgan fingerprint density at radius 3 is 2.44 bits per heavy atom. The number of hydrogen-bond donors (Lipinski definition) is 0. The maximum absolute atomic E-state index is 12.9. The lowest BCUT2D eigenvalue weighted by molar-refractivity contribution is -0.384. The van der Waals surface area contributed by atoms with Crippen LogP contribution >= 0.6 is 0 Å². The molecule has 32 heavy (non-hydrogen) atoms. The molecule has 0 spiro atoms. The Balaban J connectivity index is 1.62. The molecule has 0 atom stereocenters. The molecule has 0 N–H and O–H groups in total. The highest BCUT2D eigenvalue weighted by Gasteiger charge is 2.34. The maximum Gasteiger partial charge on any atom is 0.416 e. The highest BCUT2D eigenvalue weighted by molar-refractivity contribution is 5.77. The predicted octanol–water partition coefficient (Wildman–Crippen LogP) is 4.29. The smallest absolute Gasteiger partial charge is 0.416 e. The number of nitro benzene ring substituents is 1. The van der Waals surface area contributed by atoms with Crippen LogP contribution in [0.25, 0.3) is 0 Å². The Hall–Kier alpha value is -3.30. The van der Waals surface area contributed by atoms with E-state index in [4.69, 9.17) is 4.74 Å². The van der Waals surface area contributed by atoms with E-state index < -0.39 is 22.4 Å². The fourth-order valence-electron chi connectivity index (χ4n) is 3.72. The third-order valence-electron chi connectivity index (χ3n) is 5.35.